The molecule has 0 fully saturated rings. The summed E-state index contributed by atoms with van der Waals surface area (Å²) in [6.07, 6.45) is 0. The number of nitrogens with two attached hydrogens (primary N) is 1. The molecule has 0 aliphatic heterocycles. The molecule has 0 radical (unpaired) electrons. The first-order chi connectivity index (χ1) is 6.83. The molecule has 0 spiro atoms. The third-order valence-corrected chi connectivity index (χ3v) is 2.06. The lowest BCUT2D eigenvalue weighted by Crippen LogP contribution is -2.04. The van der Waals surface area contributed by atoms with Crippen molar-refractivity contribution in [3.05, 3.63) is 29.7 Å². The van der Waals surface area contributed by atoms with Gasteiger partial charge in [0.2, 0.25) is 5.89 Å². The highest BCUT2D eigenvalue weighted by atomic mass is 16.3. The number of nitrogens with zero attached hydrogens (tertiary/aromatic N) is 1. The average molecular weight is 191 g/mol. The third kappa shape index (κ3) is 1.62. The Labute approximate surface area is 82.1 Å². The summed E-state index contributed by atoms with van der Waals surface area (Å²) in [7, 11) is 1.86. The zero-order valence-corrected chi connectivity index (χ0v) is 8.08. The van der Waals surface area contributed by atoms with Crippen LogP contribution in [0.2, 0.25) is 0 Å². The van der Waals surface area contributed by atoms with E-state index in [-0.39, 0.29) is 0 Å². The zero-order chi connectivity index (χ0) is 9.97. The summed E-state index contributed by atoms with van der Waals surface area (Å²) in [5.74, 6) is 0.705. The standard InChI is InChI=1S/C10H13N3O/c1-12-6-10-13-8-4-7(5-11)2-3-9(8)14-10/h2-4,12H,5-6,11H2,1H3. The van der Waals surface area contributed by atoms with E-state index in [1.807, 2.05) is 25.2 Å². The lowest BCUT2D eigenvalue weighted by Gasteiger charge is -1.92. The molecule has 0 atom stereocenters. The second-order valence-corrected chi connectivity index (χ2v) is 3.14. The molecule has 4 heteroatoms. The van der Waals surface area contributed by atoms with Crippen LogP contribution in [0.4, 0.5) is 0 Å². The Hall–Kier alpha value is -1.39. The Bertz CT molecular complexity index is 436. The SMILES string of the molecule is CNCc1nc2cc(CN)ccc2o1. The fraction of sp³-hybridized carbons (Fsp3) is 0.300. The Morgan fingerprint density at radius 2 is 2.36 bits per heavy atom. The van der Waals surface area contributed by atoms with Crippen molar-refractivity contribution in [3.8, 4) is 0 Å². The molecule has 1 aromatic heterocycles. The minimum atomic E-state index is 0.532. The van der Waals surface area contributed by atoms with Crippen molar-refractivity contribution in [2.75, 3.05) is 7.05 Å². The quantitative estimate of drug-likeness (QED) is 0.759. The van der Waals surface area contributed by atoms with Gasteiger partial charge >= 0.3 is 0 Å². The maximum atomic E-state index is 5.54. The summed E-state index contributed by atoms with van der Waals surface area (Å²) < 4.78 is 5.49. The van der Waals surface area contributed by atoms with Gasteiger partial charge in [-0.25, -0.2) is 4.98 Å². The van der Waals surface area contributed by atoms with E-state index in [0.29, 0.717) is 19.0 Å². The predicted octanol–water partition coefficient (Wildman–Crippen LogP) is 1.01. The topological polar surface area (TPSA) is 64.1 Å². The van der Waals surface area contributed by atoms with E-state index in [0.717, 1.165) is 16.7 Å². The molecular weight excluding hydrogens is 178 g/mol. The van der Waals surface area contributed by atoms with Crippen molar-refractivity contribution >= 4 is 11.1 Å². The van der Waals surface area contributed by atoms with E-state index in [1.165, 1.54) is 0 Å². The van der Waals surface area contributed by atoms with E-state index in [9.17, 15) is 0 Å². The van der Waals surface area contributed by atoms with E-state index in [4.69, 9.17) is 10.2 Å². The lowest BCUT2D eigenvalue weighted by molar-refractivity contribution is 0.511. The minimum absolute atomic E-state index is 0.532. The summed E-state index contributed by atoms with van der Waals surface area (Å²) in [5, 5.41) is 2.99. The fourth-order valence-electron chi connectivity index (χ4n) is 1.37. The van der Waals surface area contributed by atoms with Gasteiger partial charge in [-0.3, -0.25) is 0 Å². The highest BCUT2D eigenvalue weighted by Gasteiger charge is 2.04. The fourth-order valence-corrected chi connectivity index (χ4v) is 1.37. The van der Waals surface area contributed by atoms with Crippen molar-refractivity contribution < 1.29 is 4.42 Å². The lowest BCUT2D eigenvalue weighted by atomic mass is 10.2. The zero-order valence-electron chi connectivity index (χ0n) is 8.08. The average Bonchev–Trinajstić information content (AvgIpc) is 2.59. The van der Waals surface area contributed by atoms with Crippen LogP contribution in [0.3, 0.4) is 0 Å². The van der Waals surface area contributed by atoms with Gasteiger partial charge in [0.25, 0.3) is 0 Å². The Kier molecular flexibility index (Phi) is 2.47. The van der Waals surface area contributed by atoms with Crippen LogP contribution in [0.5, 0.6) is 0 Å². The first kappa shape index (κ1) is 9.18. The van der Waals surface area contributed by atoms with Crippen molar-refractivity contribution in [2.45, 2.75) is 13.1 Å². The normalized spacial score (nSPS) is 11.0. The molecule has 2 rings (SSSR count). The number of aromatic nitrogens is 1. The molecule has 2 aromatic rings. The number of oxazole rings is 1. The largest absolute Gasteiger partial charge is 0.439 e. The number of hydrogen-bond acceptors (Lipinski definition) is 4. The van der Waals surface area contributed by atoms with Crippen molar-refractivity contribution in [3.63, 3.8) is 0 Å². The van der Waals surface area contributed by atoms with E-state index in [1.54, 1.807) is 0 Å². The van der Waals surface area contributed by atoms with Crippen LogP contribution in [0, 0.1) is 0 Å². The molecule has 0 aliphatic rings. The molecule has 14 heavy (non-hydrogen) atoms. The van der Waals surface area contributed by atoms with Gasteiger partial charge in [0, 0.05) is 6.54 Å². The van der Waals surface area contributed by atoms with E-state index >= 15 is 0 Å². The smallest absolute Gasteiger partial charge is 0.209 e. The van der Waals surface area contributed by atoms with Crippen LogP contribution < -0.4 is 11.1 Å². The van der Waals surface area contributed by atoms with Gasteiger partial charge in [-0.2, -0.15) is 0 Å². The van der Waals surface area contributed by atoms with Gasteiger partial charge in [-0.05, 0) is 24.7 Å². The van der Waals surface area contributed by atoms with Gasteiger partial charge in [-0.15, -0.1) is 0 Å². The summed E-state index contributed by atoms with van der Waals surface area (Å²) in [4.78, 5) is 4.33. The first-order valence-corrected chi connectivity index (χ1v) is 4.56. The van der Waals surface area contributed by atoms with Crippen molar-refractivity contribution in [1.29, 1.82) is 0 Å². The molecule has 4 nitrogen and oxygen atoms in total. The predicted molar refractivity (Wildman–Crippen MR) is 54.7 cm³/mol. The molecule has 0 amide bonds. The first-order valence-electron chi connectivity index (χ1n) is 4.56. The molecule has 0 bridgehead atoms. The van der Waals surface area contributed by atoms with Gasteiger partial charge in [0.15, 0.2) is 5.58 Å². The van der Waals surface area contributed by atoms with Crippen LogP contribution in [0.15, 0.2) is 22.6 Å². The second kappa shape index (κ2) is 3.77. The van der Waals surface area contributed by atoms with Crippen molar-refractivity contribution in [2.24, 2.45) is 5.73 Å². The van der Waals surface area contributed by atoms with E-state index < -0.39 is 0 Å². The van der Waals surface area contributed by atoms with Crippen LogP contribution in [0.1, 0.15) is 11.5 Å². The van der Waals surface area contributed by atoms with Crippen molar-refractivity contribution in [1.82, 2.24) is 10.3 Å². The number of rotatable bonds is 3. The van der Waals surface area contributed by atoms with Gasteiger partial charge < -0.3 is 15.5 Å². The Morgan fingerprint density at radius 1 is 1.50 bits per heavy atom. The number of nitrogens with one attached hydrogen (secondary N) is 1. The molecule has 0 aliphatic carbocycles. The number of benzene rings is 1. The summed E-state index contributed by atoms with van der Waals surface area (Å²) >= 11 is 0. The molecular formula is C10H13N3O. The molecule has 3 N–H and O–H groups in total. The Balaban J connectivity index is 2.43. The molecule has 1 heterocycles. The molecule has 0 unspecified atom stereocenters. The number of fused-ring (bicyclic) bond motifs is 1. The molecule has 1 aromatic carbocycles. The minimum Gasteiger partial charge on any atom is -0.439 e. The van der Waals surface area contributed by atoms with Gasteiger partial charge in [0.05, 0.1) is 6.54 Å². The highest BCUT2D eigenvalue weighted by Crippen LogP contribution is 2.16. The van der Waals surface area contributed by atoms with E-state index in [2.05, 4.69) is 10.3 Å². The highest BCUT2D eigenvalue weighted by molar-refractivity contribution is 5.73. The summed E-state index contributed by atoms with van der Waals surface area (Å²) in [6.45, 7) is 1.18. The number of hydrogen-bond donors (Lipinski definition) is 2. The second-order valence-electron chi connectivity index (χ2n) is 3.14. The van der Waals surface area contributed by atoms with Crippen LogP contribution in [-0.2, 0) is 13.1 Å². The van der Waals surface area contributed by atoms with Crippen LogP contribution in [0.25, 0.3) is 11.1 Å². The monoisotopic (exact) mass is 191 g/mol. The van der Waals surface area contributed by atoms with Crippen LogP contribution >= 0.6 is 0 Å². The maximum absolute atomic E-state index is 5.54. The summed E-state index contributed by atoms with van der Waals surface area (Å²) in [5.41, 5.74) is 8.29. The van der Waals surface area contributed by atoms with Gasteiger partial charge in [0.1, 0.15) is 5.52 Å². The maximum Gasteiger partial charge on any atom is 0.209 e. The van der Waals surface area contributed by atoms with Gasteiger partial charge in [-0.1, -0.05) is 6.07 Å². The summed E-state index contributed by atoms with van der Waals surface area (Å²) in [6, 6.07) is 5.82. The molecule has 74 valence electrons. The molecule has 0 saturated carbocycles. The Morgan fingerprint density at radius 3 is 3.07 bits per heavy atom. The van der Waals surface area contributed by atoms with Crippen LogP contribution in [-0.4, -0.2) is 12.0 Å². The third-order valence-electron chi connectivity index (χ3n) is 2.06. The molecule has 0 saturated heterocycles.